The molecule has 2 aromatic carbocycles. The minimum atomic E-state index is -0.695. The fraction of sp³-hybridized carbons (Fsp3) is 0.0625. The van der Waals surface area contributed by atoms with E-state index >= 15 is 0 Å². The van der Waals surface area contributed by atoms with Crippen molar-refractivity contribution in [1.29, 1.82) is 0 Å². The van der Waals surface area contributed by atoms with Crippen molar-refractivity contribution < 1.29 is 13.9 Å². The van der Waals surface area contributed by atoms with Gasteiger partial charge in [0.05, 0.1) is 12.7 Å². The zero-order valence-electron chi connectivity index (χ0n) is 12.4. The van der Waals surface area contributed by atoms with Gasteiger partial charge in [-0.2, -0.15) is 0 Å². The van der Waals surface area contributed by atoms with E-state index in [4.69, 9.17) is 16.3 Å². The lowest BCUT2D eigenvalue weighted by atomic mass is 10.2. The summed E-state index contributed by atoms with van der Waals surface area (Å²) in [5.41, 5.74) is 0.729. The summed E-state index contributed by atoms with van der Waals surface area (Å²) in [5.74, 6) is -0.573. The Morgan fingerprint density at radius 3 is 2.62 bits per heavy atom. The van der Waals surface area contributed by atoms with Crippen molar-refractivity contribution in [2.75, 3.05) is 12.4 Å². The number of aromatic nitrogens is 2. The lowest BCUT2D eigenvalue weighted by Crippen LogP contribution is -2.13. The van der Waals surface area contributed by atoms with Crippen molar-refractivity contribution >= 4 is 34.0 Å². The number of benzene rings is 2. The molecule has 0 saturated carbocycles. The van der Waals surface area contributed by atoms with Crippen LogP contribution in [0.3, 0.4) is 0 Å². The van der Waals surface area contributed by atoms with Gasteiger partial charge in [0.15, 0.2) is 0 Å². The third kappa shape index (κ3) is 3.52. The van der Waals surface area contributed by atoms with Gasteiger partial charge in [0, 0.05) is 10.6 Å². The normalized spacial score (nSPS) is 10.5. The number of hydrogen-bond acceptors (Lipinski definition) is 5. The Hall–Kier alpha value is -2.51. The van der Waals surface area contributed by atoms with Crippen LogP contribution in [-0.4, -0.2) is 23.2 Å². The average molecular weight is 364 g/mol. The van der Waals surface area contributed by atoms with Crippen molar-refractivity contribution in [1.82, 2.24) is 10.2 Å². The second kappa shape index (κ2) is 6.94. The first kappa shape index (κ1) is 16.4. The number of halogens is 2. The van der Waals surface area contributed by atoms with Gasteiger partial charge in [-0.1, -0.05) is 22.9 Å². The number of ether oxygens (including phenoxy) is 1. The number of amides is 1. The van der Waals surface area contributed by atoms with Crippen molar-refractivity contribution in [2.45, 2.75) is 0 Å². The quantitative estimate of drug-likeness (QED) is 0.752. The molecular formula is C16H11ClFN3O2S. The fourth-order valence-corrected chi connectivity index (χ4v) is 2.86. The van der Waals surface area contributed by atoms with Gasteiger partial charge in [0.1, 0.15) is 16.6 Å². The number of methoxy groups -OCH3 is 1. The second-order valence-electron chi connectivity index (χ2n) is 4.72. The number of anilines is 1. The minimum Gasteiger partial charge on any atom is -0.497 e. The Morgan fingerprint density at radius 2 is 1.96 bits per heavy atom. The molecule has 1 heterocycles. The van der Waals surface area contributed by atoms with E-state index in [-0.39, 0.29) is 15.7 Å². The molecule has 0 aliphatic carbocycles. The highest BCUT2D eigenvalue weighted by Crippen LogP contribution is 2.28. The maximum Gasteiger partial charge on any atom is 0.260 e. The maximum absolute atomic E-state index is 13.8. The Labute approximate surface area is 146 Å². The lowest BCUT2D eigenvalue weighted by Gasteiger charge is -2.02. The van der Waals surface area contributed by atoms with Crippen LogP contribution in [0, 0.1) is 5.82 Å². The van der Waals surface area contributed by atoms with Gasteiger partial charge in [0.25, 0.3) is 5.91 Å². The summed E-state index contributed by atoms with van der Waals surface area (Å²) in [5, 5.41) is 11.6. The van der Waals surface area contributed by atoms with Crippen LogP contribution in [-0.2, 0) is 0 Å². The highest BCUT2D eigenvalue weighted by Gasteiger charge is 2.15. The molecule has 0 aliphatic heterocycles. The zero-order chi connectivity index (χ0) is 17.1. The zero-order valence-corrected chi connectivity index (χ0v) is 14.0. The van der Waals surface area contributed by atoms with Crippen LogP contribution in [0.4, 0.5) is 9.52 Å². The van der Waals surface area contributed by atoms with Gasteiger partial charge in [-0.3, -0.25) is 10.1 Å². The largest absolute Gasteiger partial charge is 0.497 e. The van der Waals surface area contributed by atoms with Crippen LogP contribution in [0.25, 0.3) is 10.6 Å². The second-order valence-corrected chi connectivity index (χ2v) is 6.13. The van der Waals surface area contributed by atoms with Crippen LogP contribution in [0.2, 0.25) is 5.02 Å². The fourth-order valence-electron chi connectivity index (χ4n) is 1.96. The predicted octanol–water partition coefficient (Wildman–Crippen LogP) is 4.26. The molecule has 0 unspecified atom stereocenters. The molecule has 0 aliphatic rings. The molecule has 0 atom stereocenters. The van der Waals surface area contributed by atoms with Crippen LogP contribution in [0.15, 0.2) is 42.5 Å². The van der Waals surface area contributed by atoms with Crippen molar-refractivity contribution in [2.24, 2.45) is 0 Å². The highest BCUT2D eigenvalue weighted by molar-refractivity contribution is 7.18. The minimum absolute atomic E-state index is 0.111. The number of carbonyl (C=O) groups excluding carboxylic acids is 1. The van der Waals surface area contributed by atoms with Crippen molar-refractivity contribution in [3.63, 3.8) is 0 Å². The number of nitrogens with zero attached hydrogens (tertiary/aromatic N) is 2. The van der Waals surface area contributed by atoms with Gasteiger partial charge in [-0.05, 0) is 42.5 Å². The third-order valence-corrected chi connectivity index (χ3v) is 4.28. The van der Waals surface area contributed by atoms with Crippen LogP contribution < -0.4 is 10.1 Å². The van der Waals surface area contributed by atoms with E-state index in [9.17, 15) is 9.18 Å². The molecule has 5 nitrogen and oxygen atoms in total. The molecule has 0 spiro atoms. The summed E-state index contributed by atoms with van der Waals surface area (Å²) >= 11 is 6.86. The summed E-state index contributed by atoms with van der Waals surface area (Å²) in [6, 6.07) is 11.1. The Kier molecular flexibility index (Phi) is 4.73. The van der Waals surface area contributed by atoms with E-state index < -0.39 is 11.7 Å². The molecule has 3 aromatic rings. The summed E-state index contributed by atoms with van der Waals surface area (Å²) in [6.07, 6.45) is 0. The molecule has 24 heavy (non-hydrogen) atoms. The smallest absolute Gasteiger partial charge is 0.260 e. The molecule has 0 radical (unpaired) electrons. The Balaban J connectivity index is 1.76. The molecule has 0 fully saturated rings. The van der Waals surface area contributed by atoms with E-state index in [1.807, 2.05) is 12.1 Å². The number of nitrogens with one attached hydrogen (secondary N) is 1. The van der Waals surface area contributed by atoms with E-state index in [2.05, 4.69) is 15.5 Å². The van der Waals surface area contributed by atoms with E-state index in [1.54, 1.807) is 19.2 Å². The lowest BCUT2D eigenvalue weighted by molar-refractivity contribution is 0.102. The first-order valence-corrected chi connectivity index (χ1v) is 8.00. The molecule has 3 rings (SSSR count). The maximum atomic E-state index is 13.8. The van der Waals surface area contributed by atoms with Gasteiger partial charge < -0.3 is 4.74 Å². The Bertz CT molecular complexity index is 883. The summed E-state index contributed by atoms with van der Waals surface area (Å²) < 4.78 is 18.9. The van der Waals surface area contributed by atoms with E-state index in [1.165, 1.54) is 23.5 Å². The molecule has 1 N–H and O–H groups in total. The first-order valence-electron chi connectivity index (χ1n) is 6.81. The summed E-state index contributed by atoms with van der Waals surface area (Å²) in [4.78, 5) is 12.1. The molecule has 122 valence electrons. The van der Waals surface area contributed by atoms with Gasteiger partial charge >= 0.3 is 0 Å². The molecule has 1 aromatic heterocycles. The van der Waals surface area contributed by atoms with Gasteiger partial charge in [0.2, 0.25) is 5.13 Å². The monoisotopic (exact) mass is 363 g/mol. The van der Waals surface area contributed by atoms with Crippen LogP contribution >= 0.6 is 22.9 Å². The highest BCUT2D eigenvalue weighted by atomic mass is 35.5. The SMILES string of the molecule is COc1ccc(-c2nnc(NC(=O)c3ccc(Cl)cc3F)s2)cc1. The standard InChI is InChI=1S/C16H11ClFN3O2S/c1-23-11-5-2-9(3-6-11)15-20-21-16(24-15)19-14(22)12-7-4-10(17)8-13(12)18/h2-8H,1H3,(H,19,21,22). The van der Waals surface area contributed by atoms with Crippen molar-refractivity contribution in [3.8, 4) is 16.3 Å². The first-order chi connectivity index (χ1) is 11.6. The summed E-state index contributed by atoms with van der Waals surface area (Å²) in [6.45, 7) is 0. The molecule has 1 amide bonds. The molecular weight excluding hydrogens is 353 g/mol. The predicted molar refractivity (Wildman–Crippen MR) is 91.3 cm³/mol. The number of carbonyl (C=O) groups is 1. The van der Waals surface area contributed by atoms with E-state index in [0.717, 1.165) is 17.4 Å². The van der Waals surface area contributed by atoms with Gasteiger partial charge in [-0.15, -0.1) is 10.2 Å². The van der Waals surface area contributed by atoms with Crippen molar-refractivity contribution in [3.05, 3.63) is 58.9 Å². The van der Waals surface area contributed by atoms with Crippen LogP contribution in [0.5, 0.6) is 5.75 Å². The Morgan fingerprint density at radius 1 is 1.21 bits per heavy atom. The number of hydrogen-bond donors (Lipinski definition) is 1. The third-order valence-electron chi connectivity index (χ3n) is 3.16. The van der Waals surface area contributed by atoms with Crippen LogP contribution in [0.1, 0.15) is 10.4 Å². The summed E-state index contributed by atoms with van der Waals surface area (Å²) in [7, 11) is 1.59. The topological polar surface area (TPSA) is 64.1 Å². The van der Waals surface area contributed by atoms with Gasteiger partial charge in [-0.25, -0.2) is 4.39 Å². The average Bonchev–Trinajstić information content (AvgIpc) is 3.03. The van der Waals surface area contributed by atoms with E-state index in [0.29, 0.717) is 5.01 Å². The molecule has 8 heteroatoms. The number of rotatable bonds is 4. The molecule has 0 saturated heterocycles. The molecule has 0 bridgehead atoms.